The van der Waals surface area contributed by atoms with Crippen LogP contribution in [-0.2, 0) is 4.79 Å². The van der Waals surface area contributed by atoms with Crippen molar-refractivity contribution in [3.8, 4) is 5.75 Å². The second-order valence-corrected chi connectivity index (χ2v) is 9.02. The van der Waals surface area contributed by atoms with E-state index in [4.69, 9.17) is 4.74 Å². The van der Waals surface area contributed by atoms with Gasteiger partial charge in [-0.15, -0.1) is 0 Å². The summed E-state index contributed by atoms with van der Waals surface area (Å²) in [5, 5.41) is 0. The maximum atomic E-state index is 11.4. The summed E-state index contributed by atoms with van der Waals surface area (Å²) in [6.45, 7) is 18.5. The number of nitrogens with zero attached hydrogens (tertiary/aromatic N) is 2. The fourth-order valence-electron chi connectivity index (χ4n) is 4.87. The van der Waals surface area contributed by atoms with Gasteiger partial charge in [-0.2, -0.15) is 0 Å². The number of rotatable bonds is 10. The van der Waals surface area contributed by atoms with Gasteiger partial charge in [0.1, 0.15) is 5.75 Å². The third-order valence-electron chi connectivity index (χ3n) is 6.88. The fraction of sp³-hybridized carbons (Fsp3) is 0.387. The average molecular weight is 473 g/mol. The number of benzene rings is 3. The van der Waals surface area contributed by atoms with Crippen LogP contribution in [0.4, 0.5) is 11.4 Å². The molecule has 35 heavy (non-hydrogen) atoms. The lowest BCUT2D eigenvalue weighted by molar-refractivity contribution is -0.131. The van der Waals surface area contributed by atoms with Gasteiger partial charge in [0.05, 0.1) is 0 Å². The predicted octanol–water partition coefficient (Wildman–Crippen LogP) is 7.10. The van der Waals surface area contributed by atoms with E-state index in [1.165, 1.54) is 46.1 Å². The topological polar surface area (TPSA) is 32.8 Å². The van der Waals surface area contributed by atoms with Crippen LogP contribution in [-0.4, -0.2) is 32.1 Å². The molecule has 0 saturated heterocycles. The molecule has 3 aromatic carbocycles. The third kappa shape index (κ3) is 6.05. The Hall–Kier alpha value is -3.27. The molecule has 0 amide bonds. The van der Waals surface area contributed by atoms with Gasteiger partial charge in [0.15, 0.2) is 0 Å². The molecule has 0 fully saturated rings. The number of anilines is 2. The van der Waals surface area contributed by atoms with Crippen molar-refractivity contribution in [2.24, 2.45) is 0 Å². The number of esters is 1. The average Bonchev–Trinajstić information content (AvgIpc) is 2.85. The molecule has 4 nitrogen and oxygen atoms in total. The summed E-state index contributed by atoms with van der Waals surface area (Å²) in [5.41, 5.74) is 8.80. The molecule has 0 unspecified atom stereocenters. The minimum absolute atomic E-state index is 0.0624. The summed E-state index contributed by atoms with van der Waals surface area (Å²) in [6.07, 6.45) is 0. The smallest absolute Gasteiger partial charge is 0.308 e. The molecule has 0 radical (unpaired) electrons. The second kappa shape index (κ2) is 11.9. The van der Waals surface area contributed by atoms with E-state index in [1.807, 2.05) is 12.1 Å². The third-order valence-corrected chi connectivity index (χ3v) is 6.88. The highest BCUT2D eigenvalue weighted by Gasteiger charge is 2.23. The maximum absolute atomic E-state index is 11.4. The fourth-order valence-corrected chi connectivity index (χ4v) is 4.87. The second-order valence-electron chi connectivity index (χ2n) is 9.02. The van der Waals surface area contributed by atoms with Gasteiger partial charge in [0, 0.05) is 50.4 Å². The van der Waals surface area contributed by atoms with Gasteiger partial charge in [-0.1, -0.05) is 24.3 Å². The van der Waals surface area contributed by atoms with Gasteiger partial charge in [-0.25, -0.2) is 0 Å². The van der Waals surface area contributed by atoms with Crippen LogP contribution in [0.25, 0.3) is 0 Å². The molecule has 0 saturated carbocycles. The standard InChI is InChI=1S/C31H40N2O2/c1-8-32(9-2)26-16-12-22(5)29(20-26)31(25-14-18-28(19-15-25)35-24(7)34)30-21-27(17-13-23(30)6)33(10-3)11-4/h12-21,31H,8-11H2,1-7H3. The van der Waals surface area contributed by atoms with Gasteiger partial charge in [0.25, 0.3) is 0 Å². The highest BCUT2D eigenvalue weighted by atomic mass is 16.5. The summed E-state index contributed by atoms with van der Waals surface area (Å²) in [5.74, 6) is 0.328. The molecular formula is C31H40N2O2. The minimum Gasteiger partial charge on any atom is -0.427 e. The zero-order chi connectivity index (χ0) is 25.5. The van der Waals surface area contributed by atoms with E-state index in [0.29, 0.717) is 5.75 Å². The van der Waals surface area contributed by atoms with Crippen LogP contribution < -0.4 is 14.5 Å². The Morgan fingerprint density at radius 1 is 0.714 bits per heavy atom. The molecule has 0 N–H and O–H groups in total. The Kier molecular flexibility index (Phi) is 8.97. The molecule has 3 rings (SSSR count). The number of carbonyl (C=O) groups is 1. The summed E-state index contributed by atoms with van der Waals surface area (Å²) >= 11 is 0. The van der Waals surface area contributed by atoms with E-state index >= 15 is 0 Å². The Labute approximate surface area is 211 Å². The Morgan fingerprint density at radius 3 is 1.51 bits per heavy atom. The largest absolute Gasteiger partial charge is 0.427 e. The SMILES string of the molecule is CCN(CC)c1ccc(C)c(C(c2ccc(OC(C)=O)cc2)c2cc(N(CC)CC)ccc2C)c1. The molecule has 0 spiro atoms. The van der Waals surface area contributed by atoms with Crippen molar-refractivity contribution in [3.05, 3.63) is 88.5 Å². The first-order valence-corrected chi connectivity index (χ1v) is 12.8. The van der Waals surface area contributed by atoms with Crippen molar-refractivity contribution in [2.45, 2.75) is 54.4 Å². The van der Waals surface area contributed by atoms with Crippen LogP contribution in [0, 0.1) is 13.8 Å². The van der Waals surface area contributed by atoms with E-state index < -0.39 is 0 Å². The number of ether oxygens (including phenoxy) is 1. The molecule has 0 aromatic heterocycles. The number of aryl methyl sites for hydroxylation is 2. The normalized spacial score (nSPS) is 11.0. The monoisotopic (exact) mass is 472 g/mol. The lowest BCUT2D eigenvalue weighted by Gasteiger charge is -2.28. The molecule has 0 aliphatic carbocycles. The Bertz CT molecular complexity index is 1070. The van der Waals surface area contributed by atoms with Crippen molar-refractivity contribution in [2.75, 3.05) is 36.0 Å². The summed E-state index contributed by atoms with van der Waals surface area (Å²) in [4.78, 5) is 16.2. The Morgan fingerprint density at radius 2 is 1.14 bits per heavy atom. The first-order valence-electron chi connectivity index (χ1n) is 12.8. The van der Waals surface area contributed by atoms with Gasteiger partial charge in [-0.05, 0) is 106 Å². The maximum Gasteiger partial charge on any atom is 0.308 e. The molecule has 186 valence electrons. The molecular weight excluding hydrogens is 432 g/mol. The van der Waals surface area contributed by atoms with Crippen LogP contribution in [0.2, 0.25) is 0 Å². The van der Waals surface area contributed by atoms with Crippen molar-refractivity contribution < 1.29 is 9.53 Å². The van der Waals surface area contributed by atoms with Crippen molar-refractivity contribution >= 4 is 17.3 Å². The zero-order valence-electron chi connectivity index (χ0n) is 22.4. The van der Waals surface area contributed by atoms with Crippen LogP contribution in [0.5, 0.6) is 5.75 Å². The lowest BCUT2D eigenvalue weighted by Crippen LogP contribution is -2.23. The molecule has 4 heteroatoms. The molecule has 0 heterocycles. The van der Waals surface area contributed by atoms with Crippen molar-refractivity contribution in [1.82, 2.24) is 0 Å². The molecule has 0 aliphatic heterocycles. The quantitative estimate of drug-likeness (QED) is 0.179. The van der Waals surface area contributed by atoms with Crippen LogP contribution in [0.3, 0.4) is 0 Å². The van der Waals surface area contributed by atoms with E-state index in [0.717, 1.165) is 26.2 Å². The van der Waals surface area contributed by atoms with Gasteiger partial charge in [0.2, 0.25) is 0 Å². The van der Waals surface area contributed by atoms with E-state index in [1.54, 1.807) is 0 Å². The molecule has 3 aromatic rings. The van der Waals surface area contributed by atoms with Crippen molar-refractivity contribution in [3.63, 3.8) is 0 Å². The van der Waals surface area contributed by atoms with Gasteiger partial charge < -0.3 is 14.5 Å². The van der Waals surface area contributed by atoms with Crippen LogP contribution in [0.1, 0.15) is 68.4 Å². The summed E-state index contributed by atoms with van der Waals surface area (Å²) < 4.78 is 5.31. The number of carbonyl (C=O) groups excluding carboxylic acids is 1. The first-order chi connectivity index (χ1) is 16.8. The lowest BCUT2D eigenvalue weighted by atomic mass is 9.80. The molecule has 0 atom stereocenters. The Balaban J connectivity index is 2.23. The zero-order valence-corrected chi connectivity index (χ0v) is 22.4. The first kappa shape index (κ1) is 26.3. The van der Waals surface area contributed by atoms with Crippen LogP contribution in [0.15, 0.2) is 60.7 Å². The predicted molar refractivity (Wildman–Crippen MR) is 148 cm³/mol. The van der Waals surface area contributed by atoms with E-state index in [2.05, 4.69) is 99.9 Å². The number of hydrogen-bond donors (Lipinski definition) is 0. The molecule has 0 aliphatic rings. The number of hydrogen-bond acceptors (Lipinski definition) is 4. The van der Waals surface area contributed by atoms with Gasteiger partial charge in [-0.3, -0.25) is 4.79 Å². The molecule has 0 bridgehead atoms. The van der Waals surface area contributed by atoms with E-state index in [-0.39, 0.29) is 11.9 Å². The van der Waals surface area contributed by atoms with Crippen molar-refractivity contribution in [1.29, 1.82) is 0 Å². The summed E-state index contributed by atoms with van der Waals surface area (Å²) in [6, 6.07) is 21.6. The highest BCUT2D eigenvalue weighted by Crippen LogP contribution is 2.39. The highest BCUT2D eigenvalue weighted by molar-refractivity contribution is 5.69. The van der Waals surface area contributed by atoms with E-state index in [9.17, 15) is 4.79 Å². The van der Waals surface area contributed by atoms with Crippen LogP contribution >= 0.6 is 0 Å². The summed E-state index contributed by atoms with van der Waals surface area (Å²) in [7, 11) is 0. The van der Waals surface area contributed by atoms with Gasteiger partial charge >= 0.3 is 5.97 Å². The minimum atomic E-state index is -0.306.